The molecule has 1 atom stereocenters. The van der Waals surface area contributed by atoms with Gasteiger partial charge in [0.1, 0.15) is 11.3 Å². The number of piperidine rings is 2. The number of hydrogen-bond donors (Lipinski definition) is 1. The fourth-order valence-corrected chi connectivity index (χ4v) is 4.70. The van der Waals surface area contributed by atoms with Crippen molar-refractivity contribution in [2.24, 2.45) is 5.92 Å². The molecule has 1 N–H and O–H groups in total. The van der Waals surface area contributed by atoms with Crippen molar-refractivity contribution in [3.8, 4) is 0 Å². The number of para-hydroxylation sites is 2. The third-order valence-electron chi connectivity index (χ3n) is 6.37. The SMILES string of the molecule is O=C(NCc1ccco1)[C@H]1CCCN(C2CCN(c3nc4ccccc4o3)CC2)C1. The molecule has 2 aromatic heterocycles. The van der Waals surface area contributed by atoms with Crippen molar-refractivity contribution in [1.82, 2.24) is 15.2 Å². The van der Waals surface area contributed by atoms with Gasteiger partial charge >= 0.3 is 0 Å². The average Bonchev–Trinajstić information content (AvgIpc) is 3.47. The average molecular weight is 409 g/mol. The Hall–Kier alpha value is -2.80. The van der Waals surface area contributed by atoms with E-state index in [-0.39, 0.29) is 11.8 Å². The molecule has 30 heavy (non-hydrogen) atoms. The van der Waals surface area contributed by atoms with Crippen molar-refractivity contribution < 1.29 is 13.6 Å². The number of benzene rings is 1. The second-order valence-electron chi connectivity index (χ2n) is 8.31. The maximum absolute atomic E-state index is 12.6. The molecule has 3 aromatic rings. The minimum absolute atomic E-state index is 0.0591. The third kappa shape index (κ3) is 4.07. The minimum Gasteiger partial charge on any atom is -0.467 e. The molecule has 2 aliphatic heterocycles. The number of oxazole rings is 1. The van der Waals surface area contributed by atoms with Gasteiger partial charge in [0.15, 0.2) is 5.58 Å². The summed E-state index contributed by atoms with van der Waals surface area (Å²) in [5.74, 6) is 0.992. The first-order chi connectivity index (χ1) is 14.8. The molecule has 7 heteroatoms. The van der Waals surface area contributed by atoms with Crippen LogP contribution in [0.15, 0.2) is 51.5 Å². The summed E-state index contributed by atoms with van der Waals surface area (Å²) in [5, 5.41) is 3.03. The van der Waals surface area contributed by atoms with Gasteiger partial charge in [-0.2, -0.15) is 4.98 Å². The van der Waals surface area contributed by atoms with E-state index in [0.717, 1.165) is 74.7 Å². The zero-order valence-electron chi connectivity index (χ0n) is 17.1. The Labute approximate surface area is 176 Å². The Morgan fingerprint density at radius 1 is 1.10 bits per heavy atom. The molecule has 0 aliphatic carbocycles. The molecule has 0 radical (unpaired) electrons. The minimum atomic E-state index is 0.0591. The van der Waals surface area contributed by atoms with E-state index in [2.05, 4.69) is 20.1 Å². The summed E-state index contributed by atoms with van der Waals surface area (Å²) in [7, 11) is 0. The van der Waals surface area contributed by atoms with Gasteiger partial charge in [-0.3, -0.25) is 9.69 Å². The quantitative estimate of drug-likeness (QED) is 0.697. The number of hydrogen-bond acceptors (Lipinski definition) is 6. The van der Waals surface area contributed by atoms with E-state index in [4.69, 9.17) is 8.83 Å². The Bertz CT molecular complexity index is 942. The van der Waals surface area contributed by atoms with Crippen LogP contribution in [0, 0.1) is 5.92 Å². The van der Waals surface area contributed by atoms with E-state index in [1.165, 1.54) is 0 Å². The summed E-state index contributed by atoms with van der Waals surface area (Å²) in [6.07, 6.45) is 5.81. The van der Waals surface area contributed by atoms with Crippen molar-refractivity contribution in [2.45, 2.75) is 38.3 Å². The molecule has 2 saturated heterocycles. The number of nitrogens with one attached hydrogen (secondary N) is 1. The van der Waals surface area contributed by atoms with Crippen LogP contribution >= 0.6 is 0 Å². The first-order valence-electron chi connectivity index (χ1n) is 10.9. The second kappa shape index (κ2) is 8.52. The van der Waals surface area contributed by atoms with Gasteiger partial charge in [0.2, 0.25) is 5.91 Å². The highest BCUT2D eigenvalue weighted by Gasteiger charge is 2.32. The highest BCUT2D eigenvalue weighted by Crippen LogP contribution is 2.28. The van der Waals surface area contributed by atoms with E-state index in [1.54, 1.807) is 6.26 Å². The number of likely N-dealkylation sites (tertiary alicyclic amines) is 1. The van der Waals surface area contributed by atoms with Crippen molar-refractivity contribution in [3.63, 3.8) is 0 Å². The molecule has 2 aliphatic rings. The third-order valence-corrected chi connectivity index (χ3v) is 6.37. The summed E-state index contributed by atoms with van der Waals surface area (Å²) >= 11 is 0. The van der Waals surface area contributed by atoms with Crippen molar-refractivity contribution >= 4 is 23.0 Å². The van der Waals surface area contributed by atoms with Gasteiger partial charge in [-0.25, -0.2) is 0 Å². The van der Waals surface area contributed by atoms with Crippen LogP contribution in [-0.4, -0.2) is 48.0 Å². The molecule has 0 bridgehead atoms. The maximum Gasteiger partial charge on any atom is 0.298 e. The van der Waals surface area contributed by atoms with Crippen LogP contribution in [0.4, 0.5) is 6.01 Å². The molecule has 0 saturated carbocycles. The zero-order chi connectivity index (χ0) is 20.3. The predicted octanol–water partition coefficient (Wildman–Crippen LogP) is 3.42. The van der Waals surface area contributed by atoms with Gasteiger partial charge < -0.3 is 19.1 Å². The number of fused-ring (bicyclic) bond motifs is 1. The summed E-state index contributed by atoms with van der Waals surface area (Å²) in [6.45, 7) is 4.25. The lowest BCUT2D eigenvalue weighted by Gasteiger charge is -2.41. The normalized spacial score (nSPS) is 21.2. The monoisotopic (exact) mass is 408 g/mol. The molecule has 0 spiro atoms. The molecule has 0 unspecified atom stereocenters. The number of aromatic nitrogens is 1. The van der Waals surface area contributed by atoms with Crippen LogP contribution in [0.1, 0.15) is 31.4 Å². The van der Waals surface area contributed by atoms with Crippen LogP contribution in [0.3, 0.4) is 0 Å². The van der Waals surface area contributed by atoms with Crippen molar-refractivity contribution in [2.75, 3.05) is 31.1 Å². The van der Waals surface area contributed by atoms with E-state index < -0.39 is 0 Å². The fraction of sp³-hybridized carbons (Fsp3) is 0.478. The van der Waals surface area contributed by atoms with Crippen molar-refractivity contribution in [1.29, 1.82) is 0 Å². The molecule has 1 amide bonds. The Morgan fingerprint density at radius 2 is 1.97 bits per heavy atom. The summed E-state index contributed by atoms with van der Waals surface area (Å²) < 4.78 is 11.2. The predicted molar refractivity (Wildman–Crippen MR) is 114 cm³/mol. The van der Waals surface area contributed by atoms with Gasteiger partial charge in [-0.15, -0.1) is 0 Å². The van der Waals surface area contributed by atoms with Crippen LogP contribution in [0.25, 0.3) is 11.1 Å². The van der Waals surface area contributed by atoms with Crippen LogP contribution < -0.4 is 10.2 Å². The number of carbonyl (C=O) groups is 1. The molecule has 158 valence electrons. The number of rotatable bonds is 5. The number of amides is 1. The smallest absolute Gasteiger partial charge is 0.298 e. The summed E-state index contributed by atoms with van der Waals surface area (Å²) in [6, 6.07) is 12.9. The van der Waals surface area contributed by atoms with Crippen molar-refractivity contribution in [3.05, 3.63) is 48.4 Å². The summed E-state index contributed by atoms with van der Waals surface area (Å²) in [4.78, 5) is 22.0. The van der Waals surface area contributed by atoms with Gasteiger partial charge in [-0.1, -0.05) is 12.1 Å². The largest absolute Gasteiger partial charge is 0.467 e. The molecular formula is C23H28N4O3. The number of carbonyl (C=O) groups excluding carboxylic acids is 1. The summed E-state index contributed by atoms with van der Waals surface area (Å²) in [5.41, 5.74) is 1.75. The number of anilines is 1. The standard InChI is InChI=1S/C23H28N4O3/c28-22(24-15-19-6-4-14-29-19)17-5-3-11-27(16-17)18-9-12-26(13-10-18)23-25-20-7-1-2-8-21(20)30-23/h1-2,4,6-8,14,17-18H,3,5,9-13,15-16H2,(H,24,28)/t17-/m0/s1. The molecule has 7 nitrogen and oxygen atoms in total. The van der Waals surface area contributed by atoms with Gasteiger partial charge in [0.05, 0.1) is 18.7 Å². The number of furan rings is 1. The topological polar surface area (TPSA) is 74.8 Å². The fourth-order valence-electron chi connectivity index (χ4n) is 4.70. The van der Waals surface area contributed by atoms with Crippen LogP contribution in [-0.2, 0) is 11.3 Å². The second-order valence-corrected chi connectivity index (χ2v) is 8.31. The highest BCUT2D eigenvalue weighted by atomic mass is 16.4. The first kappa shape index (κ1) is 19.2. The molecular weight excluding hydrogens is 380 g/mol. The van der Waals surface area contributed by atoms with Crippen LogP contribution in [0.5, 0.6) is 0 Å². The molecule has 4 heterocycles. The van der Waals surface area contributed by atoms with E-state index >= 15 is 0 Å². The highest BCUT2D eigenvalue weighted by molar-refractivity contribution is 5.79. The van der Waals surface area contributed by atoms with E-state index in [9.17, 15) is 4.79 Å². The maximum atomic E-state index is 12.6. The lowest BCUT2D eigenvalue weighted by Crippen LogP contribution is -2.50. The lowest BCUT2D eigenvalue weighted by atomic mass is 9.93. The van der Waals surface area contributed by atoms with E-state index in [0.29, 0.717) is 12.6 Å². The molecule has 2 fully saturated rings. The first-order valence-corrected chi connectivity index (χ1v) is 10.9. The van der Waals surface area contributed by atoms with Gasteiger partial charge in [0.25, 0.3) is 6.01 Å². The van der Waals surface area contributed by atoms with E-state index in [1.807, 2.05) is 36.4 Å². The molecule has 1 aromatic carbocycles. The van der Waals surface area contributed by atoms with Gasteiger partial charge in [0, 0.05) is 25.7 Å². The Morgan fingerprint density at radius 3 is 2.77 bits per heavy atom. The number of nitrogens with zero attached hydrogens (tertiary/aromatic N) is 3. The zero-order valence-corrected chi connectivity index (χ0v) is 17.1. The Kier molecular flexibility index (Phi) is 5.45. The Balaban J connectivity index is 1.14. The van der Waals surface area contributed by atoms with Crippen LogP contribution in [0.2, 0.25) is 0 Å². The van der Waals surface area contributed by atoms with Gasteiger partial charge in [-0.05, 0) is 56.5 Å². The lowest BCUT2D eigenvalue weighted by molar-refractivity contribution is -0.127. The molecule has 5 rings (SSSR count).